The first-order chi connectivity index (χ1) is 7.58. The summed E-state index contributed by atoms with van der Waals surface area (Å²) in [6.45, 7) is 3.91. The van der Waals surface area contributed by atoms with Gasteiger partial charge in [-0.2, -0.15) is 0 Å². The van der Waals surface area contributed by atoms with E-state index in [0.29, 0.717) is 19.4 Å². The predicted molar refractivity (Wildman–Crippen MR) is 54.2 cm³/mol. The molecule has 5 heteroatoms. The van der Waals surface area contributed by atoms with Gasteiger partial charge in [0.15, 0.2) is 0 Å². The third kappa shape index (κ3) is 3.05. The Labute approximate surface area is 94.1 Å². The minimum absolute atomic E-state index is 0.0781. The fourth-order valence-corrected chi connectivity index (χ4v) is 1.73. The van der Waals surface area contributed by atoms with Gasteiger partial charge in [-0.15, -0.1) is 0 Å². The molecule has 0 radical (unpaired) electrons. The first-order valence-corrected chi connectivity index (χ1v) is 5.49. The normalized spacial score (nSPS) is 21.8. The van der Waals surface area contributed by atoms with Gasteiger partial charge in [0.25, 0.3) is 0 Å². The Bertz CT molecular complexity index is 297. The van der Waals surface area contributed by atoms with Crippen LogP contribution >= 0.6 is 0 Å². The average Bonchev–Trinajstić information content (AvgIpc) is 2.54. The van der Waals surface area contributed by atoms with E-state index in [1.807, 2.05) is 6.92 Å². The Kier molecular flexibility index (Phi) is 4.46. The second-order valence-corrected chi connectivity index (χ2v) is 3.79. The van der Waals surface area contributed by atoms with E-state index in [9.17, 15) is 14.4 Å². The lowest BCUT2D eigenvalue weighted by Crippen LogP contribution is -2.22. The Morgan fingerprint density at radius 2 is 2.19 bits per heavy atom. The van der Waals surface area contributed by atoms with Gasteiger partial charge in [-0.05, 0) is 19.8 Å². The molecule has 16 heavy (non-hydrogen) atoms. The first kappa shape index (κ1) is 12.7. The van der Waals surface area contributed by atoms with Crippen molar-refractivity contribution in [2.45, 2.75) is 33.1 Å². The van der Waals surface area contributed by atoms with Gasteiger partial charge in [-0.3, -0.25) is 14.4 Å². The number of carbonyl (C=O) groups is 3. The number of hydrogen-bond acceptors (Lipinski definition) is 5. The lowest BCUT2D eigenvalue weighted by Gasteiger charge is -2.14. The molecule has 1 rings (SSSR count). The van der Waals surface area contributed by atoms with E-state index in [1.54, 1.807) is 6.92 Å². The summed E-state index contributed by atoms with van der Waals surface area (Å²) >= 11 is 0. The molecule has 0 spiro atoms. The van der Waals surface area contributed by atoms with Crippen molar-refractivity contribution in [3.63, 3.8) is 0 Å². The molecule has 0 aromatic heterocycles. The van der Waals surface area contributed by atoms with Crippen LogP contribution in [0.4, 0.5) is 0 Å². The molecule has 0 bridgehead atoms. The molecule has 1 aliphatic rings. The molecule has 0 aromatic carbocycles. The van der Waals surface area contributed by atoms with E-state index in [0.717, 1.165) is 0 Å². The minimum Gasteiger partial charge on any atom is -0.466 e. The van der Waals surface area contributed by atoms with Crippen molar-refractivity contribution in [3.8, 4) is 0 Å². The molecule has 1 heterocycles. The van der Waals surface area contributed by atoms with E-state index in [4.69, 9.17) is 4.74 Å². The average molecular weight is 228 g/mol. The SMILES string of the molecule is CCOC(=O)C(CC)CC1CC(=O)OC1=O. The van der Waals surface area contributed by atoms with Crippen LogP contribution in [-0.4, -0.2) is 24.5 Å². The van der Waals surface area contributed by atoms with Crippen LogP contribution in [0.2, 0.25) is 0 Å². The van der Waals surface area contributed by atoms with Gasteiger partial charge in [0.1, 0.15) is 0 Å². The second kappa shape index (κ2) is 5.63. The molecular formula is C11H16O5. The van der Waals surface area contributed by atoms with Crippen LogP contribution in [0.5, 0.6) is 0 Å². The fourth-order valence-electron chi connectivity index (χ4n) is 1.73. The highest BCUT2D eigenvalue weighted by atomic mass is 16.6. The van der Waals surface area contributed by atoms with Gasteiger partial charge < -0.3 is 9.47 Å². The van der Waals surface area contributed by atoms with Crippen LogP contribution in [0.25, 0.3) is 0 Å². The molecule has 1 aliphatic heterocycles. The van der Waals surface area contributed by atoms with Crippen LogP contribution in [0.15, 0.2) is 0 Å². The van der Waals surface area contributed by atoms with E-state index < -0.39 is 17.9 Å². The molecule has 0 amide bonds. The third-order valence-corrected chi connectivity index (χ3v) is 2.64. The summed E-state index contributed by atoms with van der Waals surface area (Å²) in [6.07, 6.45) is 1.01. The number of hydrogen-bond donors (Lipinski definition) is 0. The monoisotopic (exact) mass is 228 g/mol. The third-order valence-electron chi connectivity index (χ3n) is 2.64. The van der Waals surface area contributed by atoms with Crippen molar-refractivity contribution in [3.05, 3.63) is 0 Å². The van der Waals surface area contributed by atoms with Crippen molar-refractivity contribution in [2.24, 2.45) is 11.8 Å². The molecule has 0 saturated carbocycles. The fraction of sp³-hybridized carbons (Fsp3) is 0.727. The smallest absolute Gasteiger partial charge is 0.317 e. The van der Waals surface area contributed by atoms with Gasteiger partial charge >= 0.3 is 17.9 Å². The zero-order valence-electron chi connectivity index (χ0n) is 9.52. The maximum atomic E-state index is 11.5. The number of carbonyl (C=O) groups excluding carboxylic acids is 3. The summed E-state index contributed by atoms with van der Waals surface area (Å²) in [6, 6.07) is 0. The van der Waals surface area contributed by atoms with Crippen LogP contribution in [0, 0.1) is 11.8 Å². The topological polar surface area (TPSA) is 69.7 Å². The van der Waals surface area contributed by atoms with Gasteiger partial charge in [-0.25, -0.2) is 0 Å². The molecule has 1 saturated heterocycles. The van der Waals surface area contributed by atoms with E-state index in [2.05, 4.69) is 4.74 Å². The van der Waals surface area contributed by atoms with Crippen molar-refractivity contribution >= 4 is 17.9 Å². The van der Waals surface area contributed by atoms with E-state index in [-0.39, 0.29) is 18.3 Å². The quantitative estimate of drug-likeness (QED) is 0.519. The van der Waals surface area contributed by atoms with E-state index >= 15 is 0 Å². The summed E-state index contributed by atoms with van der Waals surface area (Å²) in [5.41, 5.74) is 0. The molecule has 0 aromatic rings. The van der Waals surface area contributed by atoms with Crippen LogP contribution in [0.1, 0.15) is 33.1 Å². The summed E-state index contributed by atoms with van der Waals surface area (Å²) in [5, 5.41) is 0. The summed E-state index contributed by atoms with van der Waals surface area (Å²) in [5.74, 6) is -2.15. The molecular weight excluding hydrogens is 212 g/mol. The molecule has 90 valence electrons. The highest BCUT2D eigenvalue weighted by Crippen LogP contribution is 2.25. The van der Waals surface area contributed by atoms with Crippen LogP contribution in [-0.2, 0) is 23.9 Å². The van der Waals surface area contributed by atoms with Gasteiger partial charge in [0.05, 0.1) is 24.9 Å². The van der Waals surface area contributed by atoms with Gasteiger partial charge in [0, 0.05) is 0 Å². The second-order valence-electron chi connectivity index (χ2n) is 3.79. The Morgan fingerprint density at radius 3 is 2.62 bits per heavy atom. The standard InChI is InChI=1S/C11H16O5/c1-3-7(10(13)15-4-2)5-8-6-9(12)16-11(8)14/h7-8H,3-6H2,1-2H3. The van der Waals surface area contributed by atoms with Crippen LogP contribution in [0.3, 0.4) is 0 Å². The van der Waals surface area contributed by atoms with E-state index in [1.165, 1.54) is 0 Å². The number of esters is 3. The Hall–Kier alpha value is -1.39. The highest BCUT2D eigenvalue weighted by molar-refractivity contribution is 5.94. The highest BCUT2D eigenvalue weighted by Gasteiger charge is 2.36. The number of cyclic esters (lactones) is 2. The Morgan fingerprint density at radius 1 is 1.50 bits per heavy atom. The van der Waals surface area contributed by atoms with Gasteiger partial charge in [0.2, 0.25) is 0 Å². The molecule has 2 unspecified atom stereocenters. The van der Waals surface area contributed by atoms with Crippen molar-refractivity contribution in [1.82, 2.24) is 0 Å². The van der Waals surface area contributed by atoms with Crippen LogP contribution < -0.4 is 0 Å². The summed E-state index contributed by atoms with van der Waals surface area (Å²) < 4.78 is 9.32. The molecule has 0 N–H and O–H groups in total. The predicted octanol–water partition coefficient (Wildman–Crippen LogP) is 1.06. The lowest BCUT2D eigenvalue weighted by molar-refractivity contribution is -0.153. The zero-order valence-corrected chi connectivity index (χ0v) is 9.52. The minimum atomic E-state index is -0.521. The van der Waals surface area contributed by atoms with Gasteiger partial charge in [-0.1, -0.05) is 6.92 Å². The maximum Gasteiger partial charge on any atom is 0.317 e. The summed E-state index contributed by atoms with van der Waals surface area (Å²) in [7, 11) is 0. The first-order valence-electron chi connectivity index (χ1n) is 5.49. The number of ether oxygens (including phenoxy) is 2. The largest absolute Gasteiger partial charge is 0.466 e. The number of rotatable bonds is 5. The lowest BCUT2D eigenvalue weighted by atomic mass is 9.91. The summed E-state index contributed by atoms with van der Waals surface area (Å²) in [4.78, 5) is 33.6. The molecule has 5 nitrogen and oxygen atoms in total. The van der Waals surface area contributed by atoms with Crippen molar-refractivity contribution in [2.75, 3.05) is 6.61 Å². The van der Waals surface area contributed by atoms with Crippen molar-refractivity contribution in [1.29, 1.82) is 0 Å². The zero-order chi connectivity index (χ0) is 12.1. The van der Waals surface area contributed by atoms with Crippen molar-refractivity contribution < 1.29 is 23.9 Å². The Balaban J connectivity index is 2.53. The maximum absolute atomic E-state index is 11.5. The molecule has 2 atom stereocenters. The molecule has 1 fully saturated rings. The molecule has 0 aliphatic carbocycles.